The Bertz CT molecular complexity index is 689. The molecule has 2 saturated heterocycles. The zero-order chi connectivity index (χ0) is 18.5. The van der Waals surface area contributed by atoms with Crippen LogP contribution in [0, 0.1) is 0 Å². The molecule has 150 valence electrons. The average molecular weight is 392 g/mol. The lowest BCUT2D eigenvalue weighted by Crippen LogP contribution is -2.56. The van der Waals surface area contributed by atoms with Crippen molar-refractivity contribution in [2.75, 3.05) is 18.0 Å². The number of ether oxygens (including phenoxy) is 1. The molecule has 1 aromatic rings. The largest absolute Gasteiger partial charge is 0.444 e. The zero-order valence-electron chi connectivity index (χ0n) is 16.7. The summed E-state index contributed by atoms with van der Waals surface area (Å²) >= 11 is 0. The van der Waals surface area contributed by atoms with Gasteiger partial charge in [-0.15, -0.1) is 0 Å². The smallest absolute Gasteiger partial charge is 0.410 e. The molecule has 2 aliphatic heterocycles. The Morgan fingerprint density at radius 2 is 1.78 bits per heavy atom. The number of aryl methyl sites for hydroxylation is 1. The van der Waals surface area contributed by atoms with Gasteiger partial charge in [-0.25, -0.2) is 4.79 Å². The summed E-state index contributed by atoms with van der Waals surface area (Å²) in [7, 11) is 0. The Kier molecular flexibility index (Phi) is 5.69. The highest BCUT2D eigenvalue weighted by Crippen LogP contribution is 2.35. The summed E-state index contributed by atoms with van der Waals surface area (Å²) in [5.74, 6) is 0. The van der Waals surface area contributed by atoms with E-state index in [1.807, 2.05) is 25.7 Å². The van der Waals surface area contributed by atoms with Crippen LogP contribution in [0.15, 0.2) is 18.2 Å². The van der Waals surface area contributed by atoms with Crippen molar-refractivity contribution in [3.63, 3.8) is 0 Å². The van der Waals surface area contributed by atoms with Crippen LogP contribution in [0.1, 0.15) is 51.2 Å². The van der Waals surface area contributed by atoms with Crippen LogP contribution >= 0.6 is 13.5 Å². The van der Waals surface area contributed by atoms with E-state index in [0.717, 1.165) is 45.2 Å². The predicted molar refractivity (Wildman–Crippen MR) is 114 cm³/mol. The Labute approximate surface area is 169 Å². The van der Waals surface area contributed by atoms with Crippen LogP contribution < -0.4 is 10.6 Å². The van der Waals surface area contributed by atoms with Crippen LogP contribution in [-0.4, -0.2) is 47.8 Å². The Morgan fingerprint density at radius 3 is 2.41 bits per heavy atom. The molecular weight excluding hydrogens is 358 g/mol. The molecule has 3 atom stereocenters. The molecule has 0 radical (unpaired) electrons. The topological polar surface area (TPSA) is 58.8 Å². The van der Waals surface area contributed by atoms with Gasteiger partial charge in [-0.05, 0) is 76.1 Å². The quantitative estimate of drug-likeness (QED) is 0.799. The van der Waals surface area contributed by atoms with E-state index in [1.54, 1.807) is 0 Å². The van der Waals surface area contributed by atoms with E-state index in [2.05, 4.69) is 23.1 Å². The summed E-state index contributed by atoms with van der Waals surface area (Å²) in [6.07, 6.45) is 5.14. The monoisotopic (exact) mass is 391 g/mol. The molecule has 27 heavy (non-hydrogen) atoms. The van der Waals surface area contributed by atoms with Crippen molar-refractivity contribution >= 4 is 25.3 Å². The van der Waals surface area contributed by atoms with E-state index >= 15 is 0 Å². The van der Waals surface area contributed by atoms with E-state index in [-0.39, 0.29) is 31.7 Å². The van der Waals surface area contributed by atoms with Crippen LogP contribution in [0.2, 0.25) is 0 Å². The van der Waals surface area contributed by atoms with Gasteiger partial charge in [0.25, 0.3) is 0 Å². The Morgan fingerprint density at radius 1 is 1.11 bits per heavy atom. The standard InChI is InChI=1S/C21H31N3O2.H2S/c1-21(2,3)26-20(25)24-18-8-9-19(24)13-23(12-18)17-7-5-14-10-16(22)6-4-15(14)11-17;/h5,7,11,16,18-19H,4,6,8-10,12-13,22H2,1-3H3;1H2/t16-,18?,19?;/m0./s1. The number of nitrogens with two attached hydrogens (primary N) is 1. The highest BCUT2D eigenvalue weighted by atomic mass is 32.1. The molecule has 2 N–H and O–H groups in total. The number of carbonyl (C=O) groups is 1. The number of hydrogen-bond acceptors (Lipinski definition) is 4. The first-order valence-corrected chi connectivity index (χ1v) is 9.94. The van der Waals surface area contributed by atoms with Crippen molar-refractivity contribution < 1.29 is 9.53 Å². The first-order valence-electron chi connectivity index (χ1n) is 9.94. The maximum absolute atomic E-state index is 12.6. The molecule has 3 aliphatic rings. The van der Waals surface area contributed by atoms with Crippen molar-refractivity contribution in [3.8, 4) is 0 Å². The fraction of sp³-hybridized carbons (Fsp3) is 0.667. The van der Waals surface area contributed by atoms with Gasteiger partial charge in [-0.3, -0.25) is 4.90 Å². The second-order valence-corrected chi connectivity index (χ2v) is 9.13. The predicted octanol–water partition coefficient (Wildman–Crippen LogP) is 3.20. The fourth-order valence-electron chi connectivity index (χ4n) is 4.69. The van der Waals surface area contributed by atoms with E-state index in [9.17, 15) is 4.79 Å². The Balaban J connectivity index is 0.00000210. The number of carbonyl (C=O) groups excluding carboxylic acids is 1. The number of piperazine rings is 1. The molecule has 2 bridgehead atoms. The van der Waals surface area contributed by atoms with Gasteiger partial charge >= 0.3 is 6.09 Å². The first kappa shape index (κ1) is 20.3. The molecule has 5 nitrogen and oxygen atoms in total. The number of hydrogen-bond donors (Lipinski definition) is 1. The van der Waals surface area contributed by atoms with E-state index in [1.165, 1.54) is 16.8 Å². The van der Waals surface area contributed by atoms with Gasteiger partial charge in [0.1, 0.15) is 5.60 Å². The van der Waals surface area contributed by atoms with E-state index in [4.69, 9.17) is 10.5 Å². The molecule has 2 heterocycles. The lowest BCUT2D eigenvalue weighted by atomic mass is 9.88. The van der Waals surface area contributed by atoms with Crippen molar-refractivity contribution in [2.24, 2.45) is 5.73 Å². The van der Waals surface area contributed by atoms with Crippen LogP contribution in [0.4, 0.5) is 10.5 Å². The van der Waals surface area contributed by atoms with Crippen molar-refractivity contribution in [1.82, 2.24) is 4.90 Å². The maximum atomic E-state index is 12.6. The number of nitrogens with zero attached hydrogens (tertiary/aromatic N) is 2. The number of rotatable bonds is 1. The van der Waals surface area contributed by atoms with Gasteiger partial charge in [-0.2, -0.15) is 13.5 Å². The molecular formula is C21H33N3O2S. The second kappa shape index (κ2) is 7.55. The van der Waals surface area contributed by atoms with Gasteiger partial charge in [0.15, 0.2) is 0 Å². The lowest BCUT2D eigenvalue weighted by Gasteiger charge is -2.42. The molecule has 2 unspecified atom stereocenters. The molecule has 4 rings (SSSR count). The van der Waals surface area contributed by atoms with Gasteiger partial charge in [-0.1, -0.05) is 6.07 Å². The summed E-state index contributed by atoms with van der Waals surface area (Å²) in [6, 6.07) is 7.66. The summed E-state index contributed by atoms with van der Waals surface area (Å²) in [5.41, 5.74) is 9.81. The zero-order valence-corrected chi connectivity index (χ0v) is 17.7. The highest BCUT2D eigenvalue weighted by molar-refractivity contribution is 7.59. The summed E-state index contributed by atoms with van der Waals surface area (Å²) in [5, 5.41) is 0. The molecule has 0 aromatic heterocycles. The van der Waals surface area contributed by atoms with Gasteiger partial charge in [0.2, 0.25) is 0 Å². The molecule has 0 saturated carbocycles. The third kappa shape index (κ3) is 4.21. The molecule has 1 aromatic carbocycles. The third-order valence-electron chi connectivity index (χ3n) is 5.91. The average Bonchev–Trinajstić information content (AvgIpc) is 2.83. The minimum Gasteiger partial charge on any atom is -0.444 e. The van der Waals surface area contributed by atoms with Gasteiger partial charge < -0.3 is 15.4 Å². The van der Waals surface area contributed by atoms with Gasteiger partial charge in [0, 0.05) is 24.8 Å². The minimum absolute atomic E-state index is 0. The highest BCUT2D eigenvalue weighted by Gasteiger charge is 2.44. The van der Waals surface area contributed by atoms with Crippen LogP contribution in [0.25, 0.3) is 0 Å². The molecule has 0 spiro atoms. The van der Waals surface area contributed by atoms with Gasteiger partial charge in [0.05, 0.1) is 12.1 Å². The Hall–Kier alpha value is -1.40. The van der Waals surface area contributed by atoms with Crippen molar-refractivity contribution in [1.29, 1.82) is 0 Å². The van der Waals surface area contributed by atoms with E-state index in [0.29, 0.717) is 6.04 Å². The minimum atomic E-state index is -0.437. The summed E-state index contributed by atoms with van der Waals surface area (Å²) in [6.45, 7) is 7.59. The maximum Gasteiger partial charge on any atom is 0.410 e. The van der Waals surface area contributed by atoms with Crippen LogP contribution in [0.5, 0.6) is 0 Å². The number of amides is 1. The number of fused-ring (bicyclic) bond motifs is 3. The molecule has 6 heteroatoms. The van der Waals surface area contributed by atoms with Crippen LogP contribution in [-0.2, 0) is 17.6 Å². The molecule has 1 amide bonds. The number of benzene rings is 1. The second-order valence-electron chi connectivity index (χ2n) is 9.13. The van der Waals surface area contributed by atoms with Crippen LogP contribution in [0.3, 0.4) is 0 Å². The number of anilines is 1. The SMILES string of the molecule is CC(C)(C)OC(=O)N1C2CCC1CN(c1ccc3c(c1)CC[C@H](N)C3)C2.S. The van der Waals surface area contributed by atoms with Crippen molar-refractivity contribution in [2.45, 2.75) is 76.6 Å². The van der Waals surface area contributed by atoms with Crippen molar-refractivity contribution in [3.05, 3.63) is 29.3 Å². The molecule has 2 fully saturated rings. The normalized spacial score (nSPS) is 27.0. The lowest BCUT2D eigenvalue weighted by molar-refractivity contribution is 0.0123. The first-order chi connectivity index (χ1) is 12.3. The molecule has 1 aliphatic carbocycles. The third-order valence-corrected chi connectivity index (χ3v) is 5.91. The fourth-order valence-corrected chi connectivity index (χ4v) is 4.69. The van der Waals surface area contributed by atoms with E-state index < -0.39 is 5.60 Å². The summed E-state index contributed by atoms with van der Waals surface area (Å²) < 4.78 is 5.64. The summed E-state index contributed by atoms with van der Waals surface area (Å²) in [4.78, 5) is 17.1.